The van der Waals surface area contributed by atoms with Crippen LogP contribution in [0.4, 0.5) is 0 Å². The molecule has 1 atom stereocenters. The molecule has 0 radical (unpaired) electrons. The molecule has 2 aliphatic heterocycles. The van der Waals surface area contributed by atoms with Gasteiger partial charge in [-0.2, -0.15) is 0 Å². The lowest BCUT2D eigenvalue weighted by Gasteiger charge is -2.41. The molecule has 0 bridgehead atoms. The van der Waals surface area contributed by atoms with E-state index in [1.165, 1.54) is 11.1 Å². The molecule has 2 amide bonds. The van der Waals surface area contributed by atoms with Crippen molar-refractivity contribution in [3.05, 3.63) is 35.4 Å². The van der Waals surface area contributed by atoms with Gasteiger partial charge in [-0.1, -0.05) is 50.1 Å². The lowest BCUT2D eigenvalue weighted by atomic mass is 9.73. The van der Waals surface area contributed by atoms with Crippen molar-refractivity contribution in [2.45, 2.75) is 78.3 Å². The van der Waals surface area contributed by atoms with Gasteiger partial charge >= 0.3 is 0 Å². The fourth-order valence-electron chi connectivity index (χ4n) is 5.09. The van der Waals surface area contributed by atoms with E-state index in [1.54, 1.807) is 0 Å². The Morgan fingerprint density at radius 1 is 1.09 bits per heavy atom. The van der Waals surface area contributed by atoms with E-state index in [0.717, 1.165) is 64.8 Å². The van der Waals surface area contributed by atoms with Crippen molar-refractivity contribution in [2.24, 2.45) is 11.3 Å². The first-order chi connectivity index (χ1) is 15.9. The molecule has 2 heterocycles. The zero-order chi connectivity index (χ0) is 23.7. The van der Waals surface area contributed by atoms with Crippen LogP contribution >= 0.6 is 0 Å². The van der Waals surface area contributed by atoms with E-state index < -0.39 is 11.5 Å². The number of nitrogens with zero attached hydrogens (tertiary/aromatic N) is 1. The van der Waals surface area contributed by atoms with Gasteiger partial charge in [0, 0.05) is 26.3 Å². The third-order valence-electron chi connectivity index (χ3n) is 7.07. The van der Waals surface area contributed by atoms with E-state index in [9.17, 15) is 9.59 Å². The maximum Gasteiger partial charge on any atom is 0.242 e. The first-order valence-corrected chi connectivity index (χ1v) is 12.8. The number of amides is 2. The summed E-state index contributed by atoms with van der Waals surface area (Å²) in [6, 6.07) is 8.20. The second-order valence-corrected chi connectivity index (χ2v) is 10.4. The molecule has 184 valence electrons. The molecule has 3 rings (SSSR count). The third kappa shape index (κ3) is 7.82. The number of carbonyl (C=O) groups is 2. The van der Waals surface area contributed by atoms with Crippen LogP contribution in [0.5, 0.6) is 0 Å². The molecule has 1 aromatic carbocycles. The van der Waals surface area contributed by atoms with Crippen molar-refractivity contribution in [3.8, 4) is 0 Å². The first-order valence-electron chi connectivity index (χ1n) is 12.8. The average molecular weight is 458 g/mol. The Morgan fingerprint density at radius 2 is 1.85 bits per heavy atom. The van der Waals surface area contributed by atoms with Crippen molar-refractivity contribution in [3.63, 3.8) is 0 Å². The molecule has 2 saturated heterocycles. The highest BCUT2D eigenvalue weighted by atomic mass is 16.5. The summed E-state index contributed by atoms with van der Waals surface area (Å²) in [5.74, 6) is 0.327. The molecule has 0 aromatic heterocycles. The summed E-state index contributed by atoms with van der Waals surface area (Å²) < 4.78 is 5.74. The highest BCUT2D eigenvalue weighted by molar-refractivity contribution is 5.90. The van der Waals surface area contributed by atoms with Crippen molar-refractivity contribution in [2.75, 3.05) is 32.8 Å². The van der Waals surface area contributed by atoms with Crippen LogP contribution < -0.4 is 10.6 Å². The Bertz CT molecular complexity index is 772. The van der Waals surface area contributed by atoms with Gasteiger partial charge in [0.1, 0.15) is 6.04 Å². The van der Waals surface area contributed by atoms with Crippen molar-refractivity contribution in [1.29, 1.82) is 0 Å². The predicted octanol–water partition coefficient (Wildman–Crippen LogP) is 3.81. The Kier molecular flexibility index (Phi) is 9.75. The van der Waals surface area contributed by atoms with E-state index in [0.29, 0.717) is 25.5 Å². The molecular weight excluding hydrogens is 414 g/mol. The minimum Gasteiger partial charge on any atom is -0.381 e. The van der Waals surface area contributed by atoms with Gasteiger partial charge in [0.15, 0.2) is 0 Å². The van der Waals surface area contributed by atoms with Crippen molar-refractivity contribution >= 4 is 11.8 Å². The summed E-state index contributed by atoms with van der Waals surface area (Å²) in [6.07, 6.45) is 5.94. The molecule has 1 spiro atoms. The molecule has 33 heavy (non-hydrogen) atoms. The predicted molar refractivity (Wildman–Crippen MR) is 132 cm³/mol. The fraction of sp³-hybridized carbons (Fsp3) is 0.704. The largest absolute Gasteiger partial charge is 0.381 e. The number of benzene rings is 1. The zero-order valence-electron chi connectivity index (χ0n) is 20.8. The second kappa shape index (κ2) is 12.5. The number of likely N-dealkylation sites (tertiary alicyclic amines) is 1. The maximum atomic E-state index is 13.7. The van der Waals surface area contributed by atoms with Crippen molar-refractivity contribution in [1.82, 2.24) is 15.5 Å². The number of piperidine rings is 1. The van der Waals surface area contributed by atoms with Crippen LogP contribution in [-0.4, -0.2) is 55.6 Å². The molecule has 0 aliphatic carbocycles. The lowest BCUT2D eigenvalue weighted by Crippen LogP contribution is -2.55. The first kappa shape index (κ1) is 25.7. The Labute approximate surface area is 199 Å². The molecule has 1 aromatic rings. The number of hydrogen-bond acceptors (Lipinski definition) is 4. The van der Waals surface area contributed by atoms with Gasteiger partial charge in [0.2, 0.25) is 11.8 Å². The summed E-state index contributed by atoms with van der Waals surface area (Å²) >= 11 is 0. The van der Waals surface area contributed by atoms with Gasteiger partial charge in [-0.25, -0.2) is 0 Å². The zero-order valence-corrected chi connectivity index (χ0v) is 20.8. The maximum absolute atomic E-state index is 13.7. The van der Waals surface area contributed by atoms with Crippen LogP contribution in [0.15, 0.2) is 24.3 Å². The molecule has 2 aliphatic rings. The average Bonchev–Trinajstić information content (AvgIpc) is 2.77. The van der Waals surface area contributed by atoms with E-state index >= 15 is 0 Å². The molecule has 6 nitrogen and oxygen atoms in total. The van der Waals surface area contributed by atoms with E-state index in [2.05, 4.69) is 60.6 Å². The van der Waals surface area contributed by atoms with Gasteiger partial charge in [0.05, 0.1) is 5.41 Å². The molecule has 6 heteroatoms. The standard InChI is InChI=1S/C27H43N3O3/c1-21(2)18-24-25(31)28-13-7-17-33-16-5-4-10-27(26(32)29-24)11-14-30(15-12-27)20-23-9-6-8-22(3)19-23/h6,8-9,19,21,24H,4-5,7,10-18,20H2,1-3H3,(H,28,31)(H,29,32)/t24-/m0/s1. The SMILES string of the molecule is Cc1cccc(CN2CCC3(CCCCOCCCNC(=O)[C@H](CC(C)C)NC3=O)CC2)c1. The lowest BCUT2D eigenvalue weighted by molar-refractivity contribution is -0.138. The molecule has 0 saturated carbocycles. The summed E-state index contributed by atoms with van der Waals surface area (Å²) in [6.45, 7) is 11.0. The topological polar surface area (TPSA) is 70.7 Å². The van der Waals surface area contributed by atoms with Crippen LogP contribution in [-0.2, 0) is 20.9 Å². The van der Waals surface area contributed by atoms with Gasteiger partial charge in [0.25, 0.3) is 0 Å². The Hall–Kier alpha value is -1.92. The minimum atomic E-state index is -0.469. The monoisotopic (exact) mass is 457 g/mol. The Morgan fingerprint density at radius 3 is 2.58 bits per heavy atom. The number of carbonyl (C=O) groups excluding carboxylic acids is 2. The molecule has 2 fully saturated rings. The molecular formula is C27H43N3O3. The Balaban J connectivity index is 1.69. The van der Waals surface area contributed by atoms with Crippen molar-refractivity contribution < 1.29 is 14.3 Å². The van der Waals surface area contributed by atoms with Gasteiger partial charge < -0.3 is 15.4 Å². The van der Waals surface area contributed by atoms with Crippen LogP contribution in [0.1, 0.15) is 69.9 Å². The highest BCUT2D eigenvalue weighted by Gasteiger charge is 2.42. The number of ether oxygens (including phenoxy) is 1. The summed E-state index contributed by atoms with van der Waals surface area (Å²) in [4.78, 5) is 29.0. The normalized spacial score (nSPS) is 23.7. The minimum absolute atomic E-state index is 0.0662. The van der Waals surface area contributed by atoms with Gasteiger partial charge in [-0.05, 0) is 70.0 Å². The summed E-state index contributed by atoms with van der Waals surface area (Å²) in [5, 5.41) is 6.18. The van der Waals surface area contributed by atoms with Crippen LogP contribution in [0.2, 0.25) is 0 Å². The third-order valence-corrected chi connectivity index (χ3v) is 7.07. The number of aryl methyl sites for hydroxylation is 1. The second-order valence-electron chi connectivity index (χ2n) is 10.4. The van der Waals surface area contributed by atoms with Crippen LogP contribution in [0, 0.1) is 18.3 Å². The summed E-state index contributed by atoms with van der Waals surface area (Å²) in [5.41, 5.74) is 2.21. The quantitative estimate of drug-likeness (QED) is 0.721. The summed E-state index contributed by atoms with van der Waals surface area (Å²) in [7, 11) is 0. The van der Waals surface area contributed by atoms with E-state index in [-0.39, 0.29) is 11.8 Å². The number of hydrogen-bond donors (Lipinski definition) is 2. The fourth-order valence-corrected chi connectivity index (χ4v) is 5.09. The van der Waals surface area contributed by atoms with Crippen LogP contribution in [0.25, 0.3) is 0 Å². The van der Waals surface area contributed by atoms with E-state index in [4.69, 9.17) is 4.74 Å². The van der Waals surface area contributed by atoms with Crippen LogP contribution in [0.3, 0.4) is 0 Å². The van der Waals surface area contributed by atoms with E-state index in [1.807, 2.05) is 0 Å². The molecule has 0 unspecified atom stereocenters. The highest BCUT2D eigenvalue weighted by Crippen LogP contribution is 2.38. The van der Waals surface area contributed by atoms with Gasteiger partial charge in [-0.3, -0.25) is 14.5 Å². The smallest absolute Gasteiger partial charge is 0.242 e. The molecule has 2 N–H and O–H groups in total. The van der Waals surface area contributed by atoms with Gasteiger partial charge in [-0.15, -0.1) is 0 Å². The number of nitrogens with one attached hydrogen (secondary N) is 2. The number of rotatable bonds is 4.